The number of thioether (sulfide) groups is 1. The maximum Gasteiger partial charge on any atom is 0.196 e. The zero-order valence-corrected chi connectivity index (χ0v) is 20.2. The molecule has 0 amide bonds. The third-order valence-corrected chi connectivity index (χ3v) is 7.15. The maximum atomic E-state index is 6.26. The summed E-state index contributed by atoms with van der Waals surface area (Å²) in [7, 11) is 0. The zero-order valence-electron chi connectivity index (χ0n) is 18.6. The number of rotatable bonds is 8. The van der Waals surface area contributed by atoms with E-state index in [0.717, 1.165) is 57.8 Å². The molecule has 0 radical (unpaired) electrons. The lowest BCUT2D eigenvalue weighted by molar-refractivity contribution is 0.329. The monoisotopic (exact) mass is 482 g/mol. The van der Waals surface area contributed by atoms with Crippen LogP contribution in [0.15, 0.2) is 56.2 Å². The Kier molecular flexibility index (Phi) is 6.48. The summed E-state index contributed by atoms with van der Waals surface area (Å²) in [5, 5.41) is 4.01. The number of nitrogen functional groups attached to an aromatic ring is 1. The highest BCUT2D eigenvalue weighted by Crippen LogP contribution is 2.44. The fourth-order valence-electron chi connectivity index (χ4n) is 3.67. The second-order valence-corrected chi connectivity index (χ2v) is 10.2. The smallest absolute Gasteiger partial charge is 0.196 e. The molecule has 0 saturated heterocycles. The number of anilines is 1. The summed E-state index contributed by atoms with van der Waals surface area (Å²) in [6.07, 6.45) is 4.44. The number of benzene rings is 1. The average Bonchev–Trinajstić information content (AvgIpc) is 3.47. The van der Waals surface area contributed by atoms with E-state index in [4.69, 9.17) is 19.9 Å². The molecular formula is C23H26N6O2S2. The van der Waals surface area contributed by atoms with Gasteiger partial charge in [0.05, 0.1) is 24.1 Å². The van der Waals surface area contributed by atoms with E-state index in [1.54, 1.807) is 24.4 Å². The first kappa shape index (κ1) is 22.1. The third kappa shape index (κ3) is 4.83. The van der Waals surface area contributed by atoms with Crippen LogP contribution in [0.1, 0.15) is 20.3 Å². The van der Waals surface area contributed by atoms with Crippen LogP contribution in [0.25, 0.3) is 22.5 Å². The van der Waals surface area contributed by atoms with Crippen LogP contribution in [0, 0.1) is 0 Å². The quantitative estimate of drug-likeness (QED) is 0.273. The van der Waals surface area contributed by atoms with E-state index in [9.17, 15) is 0 Å². The Balaban J connectivity index is 1.47. The van der Waals surface area contributed by atoms with Crippen LogP contribution < -0.4 is 15.8 Å². The predicted molar refractivity (Wildman–Crippen MR) is 132 cm³/mol. The van der Waals surface area contributed by atoms with Crippen LogP contribution in [0.2, 0.25) is 0 Å². The summed E-state index contributed by atoms with van der Waals surface area (Å²) < 4.78 is 13.6. The molecule has 4 heterocycles. The van der Waals surface area contributed by atoms with Gasteiger partial charge in [0.15, 0.2) is 16.6 Å². The summed E-state index contributed by atoms with van der Waals surface area (Å²) in [6.45, 7) is 6.72. The van der Waals surface area contributed by atoms with Gasteiger partial charge < -0.3 is 24.8 Å². The Hall–Kier alpha value is -2.69. The molecule has 0 fully saturated rings. The standard InChI is InChI=1S/C23H26N6O2S2/c1-14(2)25-6-4-7-29-13-26-20-21(24)27-23(28-22(20)29)33-18-12-17-19(32-10-9-31-17)11-15(18)16-5-3-8-30-16/h3,5,8,11-14,25H,4,6-7,9-10H2,1-2H3,(H2,24,27,28). The lowest BCUT2D eigenvalue weighted by Crippen LogP contribution is -2.24. The van der Waals surface area contributed by atoms with Gasteiger partial charge >= 0.3 is 0 Å². The van der Waals surface area contributed by atoms with Crippen LogP contribution in [0.4, 0.5) is 5.82 Å². The van der Waals surface area contributed by atoms with Gasteiger partial charge in [0.2, 0.25) is 0 Å². The van der Waals surface area contributed by atoms with E-state index >= 15 is 0 Å². The molecule has 0 saturated carbocycles. The van der Waals surface area contributed by atoms with Crippen LogP contribution in [0.3, 0.4) is 0 Å². The summed E-state index contributed by atoms with van der Waals surface area (Å²) in [6, 6.07) is 8.48. The minimum atomic E-state index is 0.380. The number of aryl methyl sites for hydroxylation is 1. The normalized spacial score (nSPS) is 13.4. The predicted octanol–water partition coefficient (Wildman–Crippen LogP) is 4.69. The Morgan fingerprint density at radius 1 is 1.30 bits per heavy atom. The van der Waals surface area contributed by atoms with Crippen molar-refractivity contribution in [2.24, 2.45) is 0 Å². The van der Waals surface area contributed by atoms with Crippen LogP contribution >= 0.6 is 23.5 Å². The first-order valence-corrected chi connectivity index (χ1v) is 12.8. The van der Waals surface area contributed by atoms with Gasteiger partial charge in [-0.1, -0.05) is 13.8 Å². The highest BCUT2D eigenvalue weighted by molar-refractivity contribution is 7.99. The molecule has 1 aliphatic rings. The number of nitrogens with one attached hydrogen (secondary N) is 1. The molecule has 3 N–H and O–H groups in total. The number of nitrogens with zero attached hydrogens (tertiary/aromatic N) is 4. The zero-order chi connectivity index (χ0) is 22.8. The molecule has 33 heavy (non-hydrogen) atoms. The number of ether oxygens (including phenoxy) is 1. The van der Waals surface area contributed by atoms with Gasteiger partial charge in [0.1, 0.15) is 17.0 Å². The van der Waals surface area contributed by atoms with Crippen molar-refractivity contribution in [3.63, 3.8) is 0 Å². The van der Waals surface area contributed by atoms with E-state index < -0.39 is 0 Å². The Morgan fingerprint density at radius 2 is 2.21 bits per heavy atom. The van der Waals surface area contributed by atoms with Crippen LogP contribution in [-0.4, -0.2) is 44.5 Å². The van der Waals surface area contributed by atoms with Crippen LogP contribution in [0.5, 0.6) is 5.75 Å². The number of aromatic nitrogens is 4. The van der Waals surface area contributed by atoms with Crippen LogP contribution in [-0.2, 0) is 6.54 Å². The summed E-state index contributed by atoms with van der Waals surface area (Å²) in [4.78, 5) is 15.9. The second kappa shape index (κ2) is 9.66. The van der Waals surface area contributed by atoms with Gasteiger partial charge in [0, 0.05) is 28.8 Å². The molecule has 0 unspecified atom stereocenters. The molecule has 1 aromatic carbocycles. The molecule has 0 aliphatic carbocycles. The Morgan fingerprint density at radius 3 is 3.03 bits per heavy atom. The highest BCUT2D eigenvalue weighted by atomic mass is 32.2. The molecule has 0 bridgehead atoms. The Bertz CT molecular complexity index is 1260. The van der Waals surface area contributed by atoms with Gasteiger partial charge in [-0.05, 0) is 49.0 Å². The lowest BCUT2D eigenvalue weighted by Gasteiger charge is -2.19. The molecule has 8 nitrogen and oxygen atoms in total. The van der Waals surface area contributed by atoms with Crippen molar-refractivity contribution in [3.05, 3.63) is 36.9 Å². The van der Waals surface area contributed by atoms with Crippen molar-refractivity contribution in [2.45, 2.75) is 47.8 Å². The highest BCUT2D eigenvalue weighted by Gasteiger charge is 2.20. The number of furan rings is 1. The van der Waals surface area contributed by atoms with Crippen molar-refractivity contribution in [2.75, 3.05) is 24.6 Å². The molecular weight excluding hydrogens is 456 g/mol. The first-order valence-electron chi connectivity index (χ1n) is 11.0. The number of hydrogen-bond acceptors (Lipinski definition) is 9. The van der Waals surface area contributed by atoms with Gasteiger partial charge in [-0.2, -0.15) is 0 Å². The number of nitrogens with two attached hydrogens (primary N) is 1. The van der Waals surface area contributed by atoms with Gasteiger partial charge in [-0.25, -0.2) is 15.0 Å². The van der Waals surface area contributed by atoms with E-state index in [-0.39, 0.29) is 0 Å². The fraction of sp³-hybridized carbons (Fsp3) is 0.348. The van der Waals surface area contributed by atoms with Crippen molar-refractivity contribution < 1.29 is 9.15 Å². The number of fused-ring (bicyclic) bond motifs is 2. The first-order chi connectivity index (χ1) is 16.1. The topological polar surface area (TPSA) is 104 Å². The molecule has 4 aromatic rings. The maximum absolute atomic E-state index is 6.26. The molecule has 1 aliphatic heterocycles. The SMILES string of the molecule is CC(C)NCCCn1cnc2c(N)nc(Sc3cc4c(cc3-c3ccco3)SCCO4)nc21. The molecule has 0 spiro atoms. The molecule has 5 rings (SSSR count). The van der Waals surface area contributed by atoms with Gasteiger partial charge in [-0.15, -0.1) is 11.8 Å². The molecule has 3 aromatic heterocycles. The minimum Gasteiger partial charge on any atom is -0.492 e. The van der Waals surface area contributed by atoms with E-state index in [2.05, 4.69) is 35.2 Å². The minimum absolute atomic E-state index is 0.380. The van der Waals surface area contributed by atoms with E-state index in [0.29, 0.717) is 29.1 Å². The van der Waals surface area contributed by atoms with Crippen molar-refractivity contribution in [1.82, 2.24) is 24.8 Å². The number of imidazole rings is 1. The van der Waals surface area contributed by atoms with Crippen molar-refractivity contribution in [3.8, 4) is 17.1 Å². The van der Waals surface area contributed by atoms with E-state index in [1.165, 1.54) is 11.8 Å². The second-order valence-electron chi connectivity index (χ2n) is 8.04. The summed E-state index contributed by atoms with van der Waals surface area (Å²) in [5.74, 6) is 2.99. The number of hydrogen-bond donors (Lipinski definition) is 2. The van der Waals surface area contributed by atoms with E-state index in [1.807, 2.05) is 22.8 Å². The summed E-state index contributed by atoms with van der Waals surface area (Å²) >= 11 is 3.24. The van der Waals surface area contributed by atoms with Crippen molar-refractivity contribution in [1.29, 1.82) is 0 Å². The molecule has 10 heteroatoms. The molecule has 0 atom stereocenters. The summed E-state index contributed by atoms with van der Waals surface area (Å²) in [5.41, 5.74) is 8.63. The lowest BCUT2D eigenvalue weighted by atomic mass is 10.1. The van der Waals surface area contributed by atoms with Gasteiger partial charge in [0.25, 0.3) is 0 Å². The largest absolute Gasteiger partial charge is 0.492 e. The third-order valence-electron chi connectivity index (χ3n) is 5.23. The average molecular weight is 483 g/mol. The molecule has 172 valence electrons. The van der Waals surface area contributed by atoms with Gasteiger partial charge in [-0.3, -0.25) is 0 Å². The fourth-order valence-corrected chi connectivity index (χ4v) is 5.43. The van der Waals surface area contributed by atoms with Crippen molar-refractivity contribution >= 4 is 40.5 Å². The Labute approximate surface area is 200 Å².